The number of ether oxygens (including phenoxy) is 2. The molecule has 0 fully saturated rings. The first-order chi connectivity index (χ1) is 18.5. The van der Waals surface area contributed by atoms with Crippen molar-refractivity contribution in [1.29, 1.82) is 10.5 Å². The number of nitrogens with zero attached hydrogens (tertiary/aromatic N) is 4. The van der Waals surface area contributed by atoms with Gasteiger partial charge in [-0.05, 0) is 71.8 Å². The highest BCUT2D eigenvalue weighted by molar-refractivity contribution is 5.93. The highest BCUT2D eigenvalue weighted by atomic mass is 16.5. The highest BCUT2D eigenvalue weighted by Crippen LogP contribution is 2.46. The number of aromatic nitrogens is 2. The Morgan fingerprint density at radius 1 is 0.711 bits per heavy atom. The molecule has 0 saturated carbocycles. The fourth-order valence-electron chi connectivity index (χ4n) is 3.85. The Bertz CT molecular complexity index is 1490. The number of phenolic OH excluding ortho intramolecular Hbond substituents is 2. The summed E-state index contributed by atoms with van der Waals surface area (Å²) in [6, 6.07) is 21.2. The molecule has 2 aromatic heterocycles. The minimum absolute atomic E-state index is 0.137. The van der Waals surface area contributed by atoms with E-state index >= 15 is 0 Å². The van der Waals surface area contributed by atoms with E-state index in [0.29, 0.717) is 33.7 Å². The van der Waals surface area contributed by atoms with E-state index in [9.17, 15) is 20.7 Å². The Labute approximate surface area is 219 Å². The summed E-state index contributed by atoms with van der Waals surface area (Å²) in [4.78, 5) is 8.46. The first kappa shape index (κ1) is 25.5. The number of benzene rings is 2. The van der Waals surface area contributed by atoms with Gasteiger partial charge in [0.15, 0.2) is 23.0 Å². The van der Waals surface area contributed by atoms with Crippen LogP contribution in [-0.4, -0.2) is 34.4 Å². The average molecular weight is 503 g/mol. The normalized spacial score (nSPS) is 11.4. The molecule has 0 aliphatic carbocycles. The van der Waals surface area contributed by atoms with Crippen LogP contribution in [0.2, 0.25) is 0 Å². The summed E-state index contributed by atoms with van der Waals surface area (Å²) >= 11 is 0. The molecule has 8 nitrogen and oxygen atoms in total. The van der Waals surface area contributed by atoms with E-state index in [1.54, 1.807) is 85.2 Å². The van der Waals surface area contributed by atoms with Crippen molar-refractivity contribution in [2.45, 2.75) is 0 Å². The average Bonchev–Trinajstić information content (AvgIpc) is 2.96. The minimum Gasteiger partial charge on any atom is -0.504 e. The van der Waals surface area contributed by atoms with Crippen LogP contribution in [0.4, 0.5) is 0 Å². The lowest BCUT2D eigenvalue weighted by atomic mass is 9.96. The van der Waals surface area contributed by atoms with E-state index in [-0.39, 0.29) is 34.1 Å². The van der Waals surface area contributed by atoms with Crippen LogP contribution in [0, 0.1) is 22.7 Å². The lowest BCUT2D eigenvalue weighted by Crippen LogP contribution is -1.93. The Balaban J connectivity index is 1.91. The van der Waals surface area contributed by atoms with Crippen molar-refractivity contribution < 1.29 is 19.7 Å². The third-order valence-corrected chi connectivity index (χ3v) is 5.67. The maximum absolute atomic E-state index is 11.0. The summed E-state index contributed by atoms with van der Waals surface area (Å²) in [7, 11) is 2.81. The van der Waals surface area contributed by atoms with Gasteiger partial charge in [0.2, 0.25) is 0 Å². The van der Waals surface area contributed by atoms with E-state index in [4.69, 9.17) is 9.47 Å². The second-order valence-electron chi connectivity index (χ2n) is 8.01. The molecule has 2 aromatic carbocycles. The van der Waals surface area contributed by atoms with Gasteiger partial charge in [0.1, 0.15) is 12.1 Å². The van der Waals surface area contributed by atoms with Crippen molar-refractivity contribution >= 4 is 23.3 Å². The van der Waals surface area contributed by atoms with Gasteiger partial charge in [0.25, 0.3) is 0 Å². The fraction of sp³-hybridized carbons (Fsp3) is 0.0667. The number of allylic oxidation sites excluding steroid dienone is 2. The number of nitriles is 2. The first-order valence-corrected chi connectivity index (χ1v) is 11.4. The van der Waals surface area contributed by atoms with Crippen LogP contribution in [0.15, 0.2) is 73.1 Å². The topological polar surface area (TPSA) is 132 Å². The van der Waals surface area contributed by atoms with Gasteiger partial charge >= 0.3 is 0 Å². The van der Waals surface area contributed by atoms with Crippen LogP contribution < -0.4 is 9.47 Å². The van der Waals surface area contributed by atoms with Gasteiger partial charge in [-0.2, -0.15) is 10.5 Å². The van der Waals surface area contributed by atoms with Gasteiger partial charge in [-0.1, -0.05) is 12.1 Å². The number of rotatable bonds is 7. The lowest BCUT2D eigenvalue weighted by molar-refractivity contribution is 0.371. The zero-order valence-corrected chi connectivity index (χ0v) is 20.6. The van der Waals surface area contributed by atoms with Crippen molar-refractivity contribution in [3.8, 4) is 46.3 Å². The van der Waals surface area contributed by atoms with Crippen LogP contribution in [0.25, 0.3) is 34.4 Å². The summed E-state index contributed by atoms with van der Waals surface area (Å²) in [6.07, 6.45) is 6.40. The SMILES string of the molecule is COc1cc(/C=C(\C#N)c2ccccn2)cc(-c2cc(/C=C(\C#N)c3ccccn3)cc(OC)c2O)c1O. The zero-order valence-electron chi connectivity index (χ0n) is 20.6. The van der Waals surface area contributed by atoms with E-state index in [0.717, 1.165) is 0 Å². The molecule has 0 aliphatic rings. The van der Waals surface area contributed by atoms with Crippen LogP contribution in [0.5, 0.6) is 23.0 Å². The van der Waals surface area contributed by atoms with E-state index in [2.05, 4.69) is 22.1 Å². The van der Waals surface area contributed by atoms with Gasteiger partial charge in [0.05, 0.1) is 36.8 Å². The number of pyridine rings is 2. The molecule has 0 unspecified atom stereocenters. The Morgan fingerprint density at radius 3 is 1.45 bits per heavy atom. The number of hydrogen-bond donors (Lipinski definition) is 2. The first-order valence-electron chi connectivity index (χ1n) is 11.4. The van der Waals surface area contributed by atoms with Crippen molar-refractivity contribution in [1.82, 2.24) is 9.97 Å². The fourth-order valence-corrected chi connectivity index (χ4v) is 3.85. The molecule has 2 heterocycles. The molecule has 0 atom stereocenters. The van der Waals surface area contributed by atoms with Crippen molar-refractivity contribution in [3.63, 3.8) is 0 Å². The second kappa shape index (κ2) is 11.4. The molecule has 0 bridgehead atoms. The molecular formula is C30H22N4O4. The molecule has 0 aliphatic heterocycles. The molecule has 0 spiro atoms. The highest BCUT2D eigenvalue weighted by Gasteiger charge is 2.19. The van der Waals surface area contributed by atoms with Crippen LogP contribution in [0.3, 0.4) is 0 Å². The molecule has 0 amide bonds. The molecule has 0 radical (unpaired) electrons. The standard InChI is InChI=1S/C30H22N4O4/c1-37-27-15-19(11-21(17-31)25-7-3-5-9-33-25)13-23(29(27)35)24-14-20(16-28(38-2)30(24)36)12-22(18-32)26-8-4-6-10-34-26/h3-16,35-36H,1-2H3/b21-11+,22-12+. The zero-order chi connectivity index (χ0) is 27.1. The second-order valence-corrected chi connectivity index (χ2v) is 8.01. The summed E-state index contributed by atoms with van der Waals surface area (Å²) < 4.78 is 10.8. The third-order valence-electron chi connectivity index (χ3n) is 5.67. The Hall–Kier alpha value is -5.60. The van der Waals surface area contributed by atoms with Gasteiger partial charge in [-0.3, -0.25) is 9.97 Å². The monoisotopic (exact) mass is 502 g/mol. The van der Waals surface area contributed by atoms with Crippen molar-refractivity contribution in [3.05, 3.63) is 95.6 Å². The molecule has 4 aromatic rings. The van der Waals surface area contributed by atoms with Crippen molar-refractivity contribution in [2.75, 3.05) is 14.2 Å². The third kappa shape index (κ3) is 5.30. The summed E-state index contributed by atoms with van der Waals surface area (Å²) in [5.74, 6) is -0.162. The molecule has 8 heteroatoms. The molecule has 186 valence electrons. The smallest absolute Gasteiger partial charge is 0.165 e. The number of methoxy groups -OCH3 is 2. The minimum atomic E-state index is -0.218. The van der Waals surface area contributed by atoms with E-state index in [1.165, 1.54) is 14.2 Å². The largest absolute Gasteiger partial charge is 0.504 e. The van der Waals surface area contributed by atoms with Gasteiger partial charge in [0, 0.05) is 23.5 Å². The maximum Gasteiger partial charge on any atom is 0.165 e. The Kier molecular flexibility index (Phi) is 7.66. The quantitative estimate of drug-likeness (QED) is 0.308. The lowest BCUT2D eigenvalue weighted by Gasteiger charge is -2.15. The Morgan fingerprint density at radius 2 is 1.13 bits per heavy atom. The molecule has 2 N–H and O–H groups in total. The maximum atomic E-state index is 11.0. The van der Waals surface area contributed by atoms with Crippen molar-refractivity contribution in [2.24, 2.45) is 0 Å². The summed E-state index contributed by atoms with van der Waals surface area (Å²) in [5, 5.41) is 41.5. The summed E-state index contributed by atoms with van der Waals surface area (Å²) in [5.41, 5.74) is 3.10. The molecule has 4 rings (SSSR count). The summed E-state index contributed by atoms with van der Waals surface area (Å²) in [6.45, 7) is 0. The number of phenols is 2. The predicted molar refractivity (Wildman–Crippen MR) is 144 cm³/mol. The predicted octanol–water partition coefficient (Wildman–Crippen LogP) is 5.70. The van der Waals surface area contributed by atoms with Gasteiger partial charge < -0.3 is 19.7 Å². The van der Waals surface area contributed by atoms with Crippen LogP contribution >= 0.6 is 0 Å². The van der Waals surface area contributed by atoms with E-state index in [1.807, 2.05) is 0 Å². The molecule has 0 saturated heterocycles. The van der Waals surface area contributed by atoms with Crippen LogP contribution in [0.1, 0.15) is 22.5 Å². The van der Waals surface area contributed by atoms with Gasteiger partial charge in [-0.25, -0.2) is 0 Å². The number of hydrogen-bond acceptors (Lipinski definition) is 8. The molecular weight excluding hydrogens is 480 g/mol. The molecule has 38 heavy (non-hydrogen) atoms. The number of aromatic hydroxyl groups is 2. The van der Waals surface area contributed by atoms with Crippen LogP contribution in [-0.2, 0) is 0 Å². The van der Waals surface area contributed by atoms with E-state index < -0.39 is 0 Å². The van der Waals surface area contributed by atoms with Gasteiger partial charge in [-0.15, -0.1) is 0 Å².